The number of allylic oxidation sites excluding steroid dienone is 7. The van der Waals surface area contributed by atoms with Crippen molar-refractivity contribution in [3.63, 3.8) is 0 Å². The highest BCUT2D eigenvalue weighted by Crippen LogP contribution is 2.67. The van der Waals surface area contributed by atoms with Crippen molar-refractivity contribution in [2.45, 2.75) is 97.6 Å². The third-order valence-electron chi connectivity index (χ3n) is 8.64. The van der Waals surface area contributed by atoms with E-state index in [1.54, 1.807) is 14.0 Å². The average Bonchev–Trinajstić information content (AvgIpc) is 3.17. The molecule has 4 rings (SSSR count). The molecule has 0 bridgehead atoms. The molecule has 2 aliphatic heterocycles. The summed E-state index contributed by atoms with van der Waals surface area (Å²) in [6.45, 7) is 12.6. The van der Waals surface area contributed by atoms with E-state index < -0.39 is 11.4 Å². The second-order valence-corrected chi connectivity index (χ2v) is 11.4. The summed E-state index contributed by atoms with van der Waals surface area (Å²) in [4.78, 5) is 24.2. The molecule has 2 fully saturated rings. The molecule has 4 aliphatic rings. The molecule has 0 aromatic rings. The number of Topliss-reactive ketones (excluding diaryl/α,β-unsaturated/α-hetero) is 1. The third-order valence-corrected chi connectivity index (χ3v) is 8.64. The van der Waals surface area contributed by atoms with E-state index in [-0.39, 0.29) is 28.5 Å². The summed E-state index contributed by atoms with van der Waals surface area (Å²) in [6.07, 6.45) is 12.3. The summed E-state index contributed by atoms with van der Waals surface area (Å²) < 4.78 is 19.4. The van der Waals surface area contributed by atoms with Crippen LogP contribution in [-0.4, -0.2) is 36.2 Å². The summed E-state index contributed by atoms with van der Waals surface area (Å²) in [5, 5.41) is 0. The van der Waals surface area contributed by atoms with Crippen LogP contribution in [0.15, 0.2) is 46.8 Å². The van der Waals surface area contributed by atoms with Crippen molar-refractivity contribution in [3.05, 3.63) is 46.8 Å². The van der Waals surface area contributed by atoms with E-state index in [2.05, 4.69) is 40.7 Å². The van der Waals surface area contributed by atoms with E-state index in [4.69, 9.17) is 14.2 Å². The van der Waals surface area contributed by atoms with Gasteiger partial charge in [0.2, 0.25) is 5.79 Å². The molecule has 0 aromatic carbocycles. The number of fused-ring (bicyclic) bond motifs is 2. The molecule has 1 spiro atoms. The Balaban J connectivity index is 1.58. The molecule has 0 radical (unpaired) electrons. The normalized spacial score (nSPS) is 38.1. The quantitative estimate of drug-likeness (QED) is 0.390. The number of hydrogen-bond acceptors (Lipinski definition) is 5. The fourth-order valence-electron chi connectivity index (χ4n) is 6.41. The standard InChI is InChI=1S/C28H38O5/c1-18(9-10-20-15-21(29)14-19(2)24(20)30)13-22-16-26(5)11-8-12-27(26,6)28(32-22)17-23(31-7)25(3,4)33-28/h9,14-16,23H,8,10-13,17H2,1-7H3/b18-9+/t23-,26+,27+,28+/m1/s1. The van der Waals surface area contributed by atoms with Gasteiger partial charge in [-0.3, -0.25) is 9.59 Å². The largest absolute Gasteiger partial charge is 0.466 e. The number of carbonyl (C=O) groups excluding carboxylic acids is 2. The van der Waals surface area contributed by atoms with Gasteiger partial charge in [0.05, 0.1) is 11.7 Å². The fourth-order valence-corrected chi connectivity index (χ4v) is 6.41. The van der Waals surface area contributed by atoms with Gasteiger partial charge < -0.3 is 14.2 Å². The molecule has 0 N–H and O–H groups in total. The summed E-state index contributed by atoms with van der Waals surface area (Å²) in [7, 11) is 1.75. The minimum Gasteiger partial charge on any atom is -0.466 e. The topological polar surface area (TPSA) is 61.8 Å². The van der Waals surface area contributed by atoms with Gasteiger partial charge in [-0.1, -0.05) is 31.9 Å². The molecule has 5 nitrogen and oxygen atoms in total. The first-order chi connectivity index (χ1) is 15.3. The lowest BCUT2D eigenvalue weighted by Crippen LogP contribution is -2.57. The van der Waals surface area contributed by atoms with Crippen LogP contribution in [0.3, 0.4) is 0 Å². The van der Waals surface area contributed by atoms with Crippen LogP contribution in [0.5, 0.6) is 0 Å². The number of ether oxygens (including phenoxy) is 3. The van der Waals surface area contributed by atoms with Crippen LogP contribution in [-0.2, 0) is 23.8 Å². The predicted octanol–water partition coefficient (Wildman–Crippen LogP) is 5.76. The number of rotatable bonds is 5. The van der Waals surface area contributed by atoms with E-state index >= 15 is 0 Å². The van der Waals surface area contributed by atoms with Crippen LogP contribution in [0, 0.1) is 10.8 Å². The second-order valence-electron chi connectivity index (χ2n) is 11.4. The summed E-state index contributed by atoms with van der Waals surface area (Å²) in [5.74, 6) is 0.0418. The van der Waals surface area contributed by atoms with Crippen molar-refractivity contribution in [2.24, 2.45) is 10.8 Å². The maximum absolute atomic E-state index is 12.4. The van der Waals surface area contributed by atoms with Gasteiger partial charge in [0, 0.05) is 41.9 Å². The Morgan fingerprint density at radius 1 is 1.18 bits per heavy atom. The van der Waals surface area contributed by atoms with Crippen molar-refractivity contribution in [1.82, 2.24) is 0 Å². The van der Waals surface area contributed by atoms with E-state index in [9.17, 15) is 9.59 Å². The van der Waals surface area contributed by atoms with Crippen molar-refractivity contribution in [3.8, 4) is 0 Å². The Morgan fingerprint density at radius 3 is 2.58 bits per heavy atom. The summed E-state index contributed by atoms with van der Waals surface area (Å²) in [6, 6.07) is 0. The van der Waals surface area contributed by atoms with E-state index in [0.717, 1.165) is 30.6 Å². The van der Waals surface area contributed by atoms with E-state index in [1.807, 2.05) is 6.08 Å². The lowest BCUT2D eigenvalue weighted by molar-refractivity contribution is -0.309. The molecule has 2 aliphatic carbocycles. The molecule has 180 valence electrons. The minimum absolute atomic E-state index is 0.0181. The maximum Gasteiger partial charge on any atom is 0.219 e. The summed E-state index contributed by atoms with van der Waals surface area (Å²) >= 11 is 0. The van der Waals surface area contributed by atoms with Gasteiger partial charge >= 0.3 is 0 Å². The molecule has 5 heteroatoms. The lowest BCUT2D eigenvalue weighted by Gasteiger charge is -2.54. The van der Waals surface area contributed by atoms with Crippen LogP contribution < -0.4 is 0 Å². The highest BCUT2D eigenvalue weighted by Gasteiger charge is 2.70. The van der Waals surface area contributed by atoms with Gasteiger partial charge in [0.25, 0.3) is 0 Å². The molecule has 4 atom stereocenters. The van der Waals surface area contributed by atoms with Crippen LogP contribution in [0.25, 0.3) is 0 Å². The molecule has 1 saturated heterocycles. The van der Waals surface area contributed by atoms with Crippen LogP contribution in [0.1, 0.15) is 80.1 Å². The molecule has 0 amide bonds. The molecule has 1 saturated carbocycles. The molecular formula is C28H38O5. The molecule has 2 heterocycles. The first-order valence-corrected chi connectivity index (χ1v) is 12.1. The SMILES string of the molecule is CO[C@@H]1C[C@]2(OC(C/C(C)=C/CC3=CC(=O)C=C(C)C3=O)=C[C@]3(C)CCC[C@]23C)OC1(C)C. The summed E-state index contributed by atoms with van der Waals surface area (Å²) in [5.41, 5.74) is 1.58. The Labute approximate surface area is 197 Å². The van der Waals surface area contributed by atoms with Gasteiger partial charge in [-0.2, -0.15) is 0 Å². The number of ketones is 2. The Kier molecular flexibility index (Phi) is 5.90. The van der Waals surface area contributed by atoms with Gasteiger partial charge in [0.1, 0.15) is 5.76 Å². The Morgan fingerprint density at radius 2 is 1.91 bits per heavy atom. The first kappa shape index (κ1) is 24.2. The van der Waals surface area contributed by atoms with Crippen molar-refractivity contribution in [2.75, 3.05) is 7.11 Å². The van der Waals surface area contributed by atoms with Gasteiger partial charge in [-0.05, 0) is 65.2 Å². The second kappa shape index (κ2) is 8.06. The Bertz CT molecular complexity index is 996. The third kappa shape index (κ3) is 3.87. The van der Waals surface area contributed by atoms with Gasteiger partial charge in [-0.25, -0.2) is 0 Å². The van der Waals surface area contributed by atoms with E-state index in [0.29, 0.717) is 30.4 Å². The van der Waals surface area contributed by atoms with Crippen molar-refractivity contribution >= 4 is 11.6 Å². The van der Waals surface area contributed by atoms with E-state index in [1.165, 1.54) is 12.2 Å². The molecule has 33 heavy (non-hydrogen) atoms. The molecule has 0 unspecified atom stereocenters. The van der Waals surface area contributed by atoms with Crippen LogP contribution >= 0.6 is 0 Å². The average molecular weight is 455 g/mol. The monoisotopic (exact) mass is 454 g/mol. The first-order valence-electron chi connectivity index (χ1n) is 12.1. The van der Waals surface area contributed by atoms with Crippen molar-refractivity contribution < 1.29 is 23.8 Å². The highest BCUT2D eigenvalue weighted by molar-refractivity contribution is 6.20. The number of methoxy groups -OCH3 is 1. The number of carbonyl (C=O) groups is 2. The van der Waals surface area contributed by atoms with Crippen molar-refractivity contribution in [1.29, 1.82) is 0 Å². The molecular weight excluding hydrogens is 416 g/mol. The van der Waals surface area contributed by atoms with Crippen LogP contribution in [0.2, 0.25) is 0 Å². The zero-order valence-electron chi connectivity index (χ0n) is 21.2. The fraction of sp³-hybridized carbons (Fsp3) is 0.643. The predicted molar refractivity (Wildman–Crippen MR) is 127 cm³/mol. The van der Waals surface area contributed by atoms with Gasteiger partial charge in [0.15, 0.2) is 11.6 Å². The molecule has 0 aromatic heterocycles. The number of hydrogen-bond donors (Lipinski definition) is 0. The zero-order valence-corrected chi connectivity index (χ0v) is 21.2. The Hall–Kier alpha value is -1.98. The highest BCUT2D eigenvalue weighted by atomic mass is 16.7. The maximum atomic E-state index is 12.4. The minimum atomic E-state index is -0.719. The van der Waals surface area contributed by atoms with Gasteiger partial charge in [-0.15, -0.1) is 0 Å². The smallest absolute Gasteiger partial charge is 0.219 e. The van der Waals surface area contributed by atoms with Crippen LogP contribution in [0.4, 0.5) is 0 Å². The lowest BCUT2D eigenvalue weighted by atomic mass is 9.60. The zero-order chi connectivity index (χ0) is 24.2.